The van der Waals surface area contributed by atoms with Gasteiger partial charge >= 0.3 is 0 Å². The molecule has 0 aliphatic carbocycles. The van der Waals surface area contributed by atoms with E-state index in [9.17, 15) is 4.79 Å². The molecule has 1 amide bonds. The predicted molar refractivity (Wildman–Crippen MR) is 138 cm³/mol. The second kappa shape index (κ2) is 9.18. The highest BCUT2D eigenvalue weighted by atomic mass is 32.2. The molecule has 0 saturated carbocycles. The summed E-state index contributed by atoms with van der Waals surface area (Å²) in [7, 11) is 0. The van der Waals surface area contributed by atoms with Crippen LogP contribution in [0.3, 0.4) is 0 Å². The van der Waals surface area contributed by atoms with Crippen LogP contribution in [0.1, 0.15) is 57.7 Å². The van der Waals surface area contributed by atoms with Crippen LogP contribution in [0.15, 0.2) is 52.4 Å². The van der Waals surface area contributed by atoms with E-state index in [-0.39, 0.29) is 17.3 Å². The minimum atomic E-state index is -0.332. The maximum atomic E-state index is 15.2. The highest BCUT2D eigenvalue weighted by Gasteiger charge is 2.32. The van der Waals surface area contributed by atoms with Gasteiger partial charge < -0.3 is 10.2 Å². The number of thioether (sulfide) groups is 1. The molecule has 0 spiro atoms. The molecule has 4 rings (SSSR count). The zero-order valence-corrected chi connectivity index (χ0v) is 20.6. The summed E-state index contributed by atoms with van der Waals surface area (Å²) in [6.07, 6.45) is 5.79. The number of amides is 1. The Bertz CT molecular complexity index is 1180. The second-order valence-corrected chi connectivity index (χ2v) is 10.1. The number of fused-ring (bicyclic) bond motifs is 1. The van der Waals surface area contributed by atoms with E-state index in [2.05, 4.69) is 55.9 Å². The number of halogens is 1. The molecule has 0 unspecified atom stereocenters. The van der Waals surface area contributed by atoms with Crippen molar-refractivity contribution < 1.29 is 9.18 Å². The summed E-state index contributed by atoms with van der Waals surface area (Å²) in [5.74, 6) is -0.594. The van der Waals surface area contributed by atoms with Gasteiger partial charge in [-0.05, 0) is 86.9 Å². The van der Waals surface area contributed by atoms with Crippen molar-refractivity contribution >= 4 is 45.9 Å². The molecule has 172 valence electrons. The van der Waals surface area contributed by atoms with Gasteiger partial charge in [-0.2, -0.15) is 0 Å². The van der Waals surface area contributed by atoms with Crippen molar-refractivity contribution in [2.45, 2.75) is 53.0 Å². The molecule has 0 bridgehead atoms. The van der Waals surface area contributed by atoms with Gasteiger partial charge in [0.05, 0.1) is 16.1 Å². The molecular formula is C27H30FN3OS. The number of nitrogens with one attached hydrogen (secondary N) is 1. The van der Waals surface area contributed by atoms with Gasteiger partial charge in [0.25, 0.3) is 5.91 Å². The van der Waals surface area contributed by atoms with Crippen LogP contribution < -0.4 is 10.2 Å². The van der Waals surface area contributed by atoms with Crippen LogP contribution in [0.4, 0.5) is 15.8 Å². The zero-order chi connectivity index (χ0) is 23.8. The van der Waals surface area contributed by atoms with E-state index < -0.39 is 0 Å². The quantitative estimate of drug-likeness (QED) is 0.502. The minimum absolute atomic E-state index is 0.179. The van der Waals surface area contributed by atoms with Crippen LogP contribution in [0.25, 0.3) is 11.6 Å². The Morgan fingerprint density at radius 2 is 1.91 bits per heavy atom. The predicted octanol–water partition coefficient (Wildman–Crippen LogP) is 6.69. The van der Waals surface area contributed by atoms with Crippen LogP contribution in [-0.2, 0) is 11.2 Å². The Hall–Kier alpha value is -2.86. The van der Waals surface area contributed by atoms with E-state index in [1.807, 2.05) is 30.3 Å². The van der Waals surface area contributed by atoms with Crippen molar-refractivity contribution in [2.24, 2.45) is 4.99 Å². The summed E-state index contributed by atoms with van der Waals surface area (Å²) >= 11 is 1.23. The van der Waals surface area contributed by atoms with Gasteiger partial charge in [0.15, 0.2) is 5.17 Å². The summed E-state index contributed by atoms with van der Waals surface area (Å²) in [6, 6.07) is 11.4. The third-order valence-electron chi connectivity index (χ3n) is 6.06. The zero-order valence-electron chi connectivity index (χ0n) is 19.8. The normalized spacial score (nSPS) is 19.6. The monoisotopic (exact) mass is 463 g/mol. The molecule has 2 aromatic carbocycles. The molecule has 2 heterocycles. The number of hydrogen-bond acceptors (Lipinski definition) is 4. The van der Waals surface area contributed by atoms with E-state index in [1.54, 1.807) is 12.1 Å². The van der Waals surface area contributed by atoms with Gasteiger partial charge in [0.2, 0.25) is 0 Å². The molecule has 4 nitrogen and oxygen atoms in total. The van der Waals surface area contributed by atoms with Crippen molar-refractivity contribution in [1.29, 1.82) is 0 Å². The van der Waals surface area contributed by atoms with Crippen LogP contribution in [0.2, 0.25) is 0 Å². The number of amidine groups is 1. The van der Waals surface area contributed by atoms with Crippen molar-refractivity contribution in [1.82, 2.24) is 5.32 Å². The highest BCUT2D eigenvalue weighted by Crippen LogP contribution is 2.41. The van der Waals surface area contributed by atoms with Gasteiger partial charge in [0.1, 0.15) is 5.82 Å². The second-order valence-electron chi connectivity index (χ2n) is 9.03. The fraction of sp³-hybridized carbons (Fsp3) is 0.333. The molecule has 2 aliphatic heterocycles. The lowest BCUT2D eigenvalue weighted by Gasteiger charge is -2.43. The minimum Gasteiger partial charge on any atom is -0.362 e. The SMILES string of the molecule is CCCN1c2cc(F)c(/C=C3/SC(=Nc4ccc(CC)cc4)NC3=O)cc2C(C)=CC1(C)C. The molecular weight excluding hydrogens is 433 g/mol. The number of allylic oxidation sites excluding steroid dienone is 1. The number of nitrogens with zero attached hydrogens (tertiary/aromatic N) is 2. The summed E-state index contributed by atoms with van der Waals surface area (Å²) < 4.78 is 15.2. The van der Waals surface area contributed by atoms with Crippen molar-refractivity contribution in [3.8, 4) is 0 Å². The number of benzene rings is 2. The first-order valence-corrected chi connectivity index (χ1v) is 12.2. The number of carbonyl (C=O) groups excluding carboxylic acids is 1. The fourth-order valence-corrected chi connectivity index (χ4v) is 5.24. The molecule has 0 aromatic heterocycles. The molecule has 1 saturated heterocycles. The van der Waals surface area contributed by atoms with Crippen LogP contribution in [0.5, 0.6) is 0 Å². The van der Waals surface area contributed by atoms with Crippen molar-refractivity contribution in [3.63, 3.8) is 0 Å². The van der Waals surface area contributed by atoms with E-state index in [1.165, 1.54) is 17.3 Å². The highest BCUT2D eigenvalue weighted by molar-refractivity contribution is 8.18. The van der Waals surface area contributed by atoms with Gasteiger partial charge in [-0.3, -0.25) is 4.79 Å². The van der Waals surface area contributed by atoms with Crippen LogP contribution in [-0.4, -0.2) is 23.2 Å². The van der Waals surface area contributed by atoms with E-state index in [0.717, 1.165) is 41.9 Å². The van der Waals surface area contributed by atoms with Crippen LogP contribution in [0, 0.1) is 5.82 Å². The Morgan fingerprint density at radius 3 is 2.58 bits per heavy atom. The Balaban J connectivity index is 1.65. The molecule has 6 heteroatoms. The Morgan fingerprint density at radius 1 is 1.18 bits per heavy atom. The lowest BCUT2D eigenvalue weighted by Crippen LogP contribution is -2.45. The van der Waals surface area contributed by atoms with Gasteiger partial charge in [-0.15, -0.1) is 0 Å². The number of rotatable bonds is 5. The average Bonchev–Trinajstić information content (AvgIpc) is 3.11. The lowest BCUT2D eigenvalue weighted by atomic mass is 9.87. The first-order chi connectivity index (χ1) is 15.7. The Kier molecular flexibility index (Phi) is 6.48. The summed E-state index contributed by atoms with van der Waals surface area (Å²) in [4.78, 5) is 19.7. The van der Waals surface area contributed by atoms with Gasteiger partial charge in [-0.1, -0.05) is 32.1 Å². The summed E-state index contributed by atoms with van der Waals surface area (Å²) in [5.41, 5.74) is 5.26. The lowest BCUT2D eigenvalue weighted by molar-refractivity contribution is -0.115. The van der Waals surface area contributed by atoms with Crippen LogP contribution >= 0.6 is 11.8 Å². The number of aryl methyl sites for hydroxylation is 1. The number of anilines is 1. The molecule has 33 heavy (non-hydrogen) atoms. The van der Waals surface area contributed by atoms with E-state index in [4.69, 9.17) is 0 Å². The summed E-state index contributed by atoms with van der Waals surface area (Å²) in [6.45, 7) is 11.4. The standard InChI is InChI=1S/C27H30FN3OS/c1-6-12-31-23-15-22(28)19(13-21(23)17(3)16-27(31,4)5)14-24-25(32)30-26(33-24)29-20-10-8-18(7-2)9-11-20/h8-11,13-16H,6-7,12H2,1-5H3,(H,29,30,32)/b24-14+. The number of hydrogen-bond donors (Lipinski definition) is 1. The van der Waals surface area contributed by atoms with E-state index in [0.29, 0.717) is 15.6 Å². The average molecular weight is 464 g/mol. The smallest absolute Gasteiger partial charge is 0.264 e. The molecule has 1 fully saturated rings. The fourth-order valence-electron chi connectivity index (χ4n) is 4.40. The maximum absolute atomic E-state index is 15.2. The molecule has 0 atom stereocenters. The van der Waals surface area contributed by atoms with E-state index >= 15 is 4.39 Å². The Labute approximate surface area is 199 Å². The van der Waals surface area contributed by atoms with Crippen molar-refractivity contribution in [2.75, 3.05) is 11.4 Å². The molecule has 0 radical (unpaired) electrons. The summed E-state index contributed by atoms with van der Waals surface area (Å²) in [5, 5.41) is 3.29. The number of carbonyl (C=O) groups is 1. The number of aliphatic imine (C=N–C) groups is 1. The third-order valence-corrected chi connectivity index (χ3v) is 6.97. The largest absolute Gasteiger partial charge is 0.362 e. The first kappa shape index (κ1) is 23.3. The topological polar surface area (TPSA) is 44.7 Å². The molecule has 2 aliphatic rings. The first-order valence-electron chi connectivity index (χ1n) is 11.4. The van der Waals surface area contributed by atoms with Gasteiger partial charge in [0, 0.05) is 23.4 Å². The molecule has 1 N–H and O–H groups in total. The van der Waals surface area contributed by atoms with Crippen molar-refractivity contribution in [3.05, 3.63) is 69.9 Å². The third kappa shape index (κ3) is 4.76. The van der Waals surface area contributed by atoms with Gasteiger partial charge in [-0.25, -0.2) is 9.38 Å². The maximum Gasteiger partial charge on any atom is 0.264 e. The molecule has 2 aromatic rings.